The van der Waals surface area contributed by atoms with E-state index >= 15 is 0 Å². The van der Waals surface area contributed by atoms with Gasteiger partial charge in [-0.15, -0.1) is 0 Å². The van der Waals surface area contributed by atoms with Gasteiger partial charge in [0.15, 0.2) is 0 Å². The third-order valence-electron chi connectivity index (χ3n) is 2.80. The van der Waals surface area contributed by atoms with Gasteiger partial charge in [0.1, 0.15) is 11.6 Å². The van der Waals surface area contributed by atoms with Crippen molar-refractivity contribution in [2.24, 2.45) is 0 Å². The van der Waals surface area contributed by atoms with E-state index in [0.29, 0.717) is 11.4 Å². The summed E-state index contributed by atoms with van der Waals surface area (Å²) in [5.41, 5.74) is 2.09. The second-order valence-corrected chi connectivity index (χ2v) is 5.04. The van der Waals surface area contributed by atoms with Crippen LogP contribution in [0.15, 0.2) is 46.9 Å². The van der Waals surface area contributed by atoms with E-state index < -0.39 is 6.61 Å². The average Bonchev–Trinajstić information content (AvgIpc) is 2.84. The van der Waals surface area contributed by atoms with Crippen molar-refractivity contribution in [1.82, 2.24) is 9.97 Å². The molecule has 20 heavy (non-hydrogen) atoms. The fourth-order valence-corrected chi connectivity index (χ4v) is 2.33. The van der Waals surface area contributed by atoms with Gasteiger partial charge in [-0.2, -0.15) is 8.78 Å². The van der Waals surface area contributed by atoms with Crippen LogP contribution >= 0.6 is 15.9 Å². The van der Waals surface area contributed by atoms with Crippen LogP contribution in [-0.2, 0) is 0 Å². The molecule has 0 radical (unpaired) electrons. The van der Waals surface area contributed by atoms with Gasteiger partial charge in [0.25, 0.3) is 0 Å². The average molecular weight is 339 g/mol. The summed E-state index contributed by atoms with van der Waals surface area (Å²) in [6, 6.07) is 12.3. The molecule has 0 unspecified atom stereocenters. The lowest BCUT2D eigenvalue weighted by Crippen LogP contribution is -2.03. The number of ether oxygens (including phenoxy) is 1. The maximum Gasteiger partial charge on any atom is 0.387 e. The molecule has 6 heteroatoms. The van der Waals surface area contributed by atoms with Crippen LogP contribution in [0.5, 0.6) is 5.75 Å². The molecule has 3 nitrogen and oxygen atoms in total. The Morgan fingerprint density at radius 1 is 1.15 bits per heavy atom. The number of alkyl halides is 2. The fraction of sp³-hybridized carbons (Fsp3) is 0.0714. The number of nitrogens with zero attached hydrogens (tertiary/aromatic N) is 1. The van der Waals surface area contributed by atoms with Crippen molar-refractivity contribution in [3.05, 3.63) is 46.9 Å². The third kappa shape index (κ3) is 2.51. The minimum Gasteiger partial charge on any atom is -0.434 e. The maximum atomic E-state index is 12.5. The molecule has 1 heterocycles. The zero-order valence-electron chi connectivity index (χ0n) is 10.1. The topological polar surface area (TPSA) is 37.9 Å². The van der Waals surface area contributed by atoms with Gasteiger partial charge in [-0.25, -0.2) is 4.98 Å². The Bertz CT molecular complexity index is 725. The Morgan fingerprint density at radius 3 is 2.70 bits per heavy atom. The first kappa shape index (κ1) is 13.1. The van der Waals surface area contributed by atoms with Gasteiger partial charge in [0.05, 0.1) is 16.6 Å². The smallest absolute Gasteiger partial charge is 0.387 e. The van der Waals surface area contributed by atoms with E-state index in [-0.39, 0.29) is 5.75 Å². The van der Waals surface area contributed by atoms with E-state index in [9.17, 15) is 8.78 Å². The molecular weight excluding hydrogens is 330 g/mol. The molecule has 0 atom stereocenters. The predicted octanol–water partition coefficient (Wildman–Crippen LogP) is 4.59. The minimum atomic E-state index is -2.88. The first-order valence-electron chi connectivity index (χ1n) is 5.83. The van der Waals surface area contributed by atoms with Gasteiger partial charge in [-0.3, -0.25) is 0 Å². The zero-order valence-corrected chi connectivity index (χ0v) is 11.7. The molecule has 0 spiro atoms. The summed E-state index contributed by atoms with van der Waals surface area (Å²) < 4.78 is 30.2. The molecule has 2 aromatic carbocycles. The lowest BCUT2D eigenvalue weighted by molar-refractivity contribution is -0.0494. The zero-order chi connectivity index (χ0) is 14.1. The molecule has 0 aliphatic carbocycles. The van der Waals surface area contributed by atoms with E-state index in [1.165, 1.54) is 6.07 Å². The molecule has 0 aliphatic heterocycles. The van der Waals surface area contributed by atoms with Gasteiger partial charge >= 0.3 is 6.61 Å². The number of imidazole rings is 1. The van der Waals surface area contributed by atoms with Gasteiger partial charge in [0.2, 0.25) is 0 Å². The Kier molecular flexibility index (Phi) is 3.40. The van der Waals surface area contributed by atoms with Crippen LogP contribution in [0.25, 0.3) is 22.4 Å². The molecule has 3 aromatic rings. The number of halogens is 3. The van der Waals surface area contributed by atoms with Crippen molar-refractivity contribution in [3.63, 3.8) is 0 Å². The molecule has 0 fully saturated rings. The number of para-hydroxylation sites is 2. The Labute approximate surface area is 121 Å². The van der Waals surface area contributed by atoms with Crippen LogP contribution in [0.3, 0.4) is 0 Å². The van der Waals surface area contributed by atoms with Crippen molar-refractivity contribution in [2.45, 2.75) is 6.61 Å². The highest BCUT2D eigenvalue weighted by atomic mass is 79.9. The SMILES string of the molecule is FC(F)Oc1ccc(Br)cc1-c1nc2ccccc2[nH]1. The summed E-state index contributed by atoms with van der Waals surface area (Å²) >= 11 is 3.32. The van der Waals surface area contributed by atoms with E-state index in [4.69, 9.17) is 0 Å². The van der Waals surface area contributed by atoms with Crippen LogP contribution in [0, 0.1) is 0 Å². The summed E-state index contributed by atoms with van der Waals surface area (Å²) in [6.45, 7) is -2.88. The molecule has 1 N–H and O–H groups in total. The van der Waals surface area contributed by atoms with E-state index in [0.717, 1.165) is 15.5 Å². The Morgan fingerprint density at radius 2 is 1.95 bits per heavy atom. The standard InChI is InChI=1S/C14H9BrF2N2O/c15-8-5-6-12(20-14(16)17)9(7-8)13-18-10-3-1-2-4-11(10)19-13/h1-7,14H,(H,18,19). The number of aromatic amines is 1. The lowest BCUT2D eigenvalue weighted by atomic mass is 10.2. The maximum absolute atomic E-state index is 12.5. The van der Waals surface area contributed by atoms with Gasteiger partial charge in [0, 0.05) is 4.47 Å². The van der Waals surface area contributed by atoms with E-state index in [1.807, 2.05) is 24.3 Å². The quantitative estimate of drug-likeness (QED) is 0.758. The molecule has 0 saturated heterocycles. The fourth-order valence-electron chi connectivity index (χ4n) is 1.97. The van der Waals surface area contributed by atoms with E-state index in [1.54, 1.807) is 12.1 Å². The molecule has 0 bridgehead atoms. The highest BCUT2D eigenvalue weighted by Gasteiger charge is 2.14. The number of benzene rings is 2. The van der Waals surface area contributed by atoms with Crippen LogP contribution in [0.4, 0.5) is 8.78 Å². The Hall–Kier alpha value is -1.95. The minimum absolute atomic E-state index is 0.0854. The summed E-state index contributed by atoms with van der Waals surface area (Å²) in [6.07, 6.45) is 0. The van der Waals surface area contributed by atoms with Crippen LogP contribution < -0.4 is 4.74 Å². The van der Waals surface area contributed by atoms with Crippen LogP contribution in [-0.4, -0.2) is 16.6 Å². The van der Waals surface area contributed by atoms with Gasteiger partial charge in [-0.1, -0.05) is 28.1 Å². The highest BCUT2D eigenvalue weighted by molar-refractivity contribution is 9.10. The van der Waals surface area contributed by atoms with E-state index in [2.05, 4.69) is 30.6 Å². The molecule has 0 saturated carbocycles. The molecule has 0 amide bonds. The summed E-state index contributed by atoms with van der Waals surface area (Å²) in [7, 11) is 0. The van der Waals surface area contributed by atoms with Crippen molar-refractivity contribution in [1.29, 1.82) is 0 Å². The van der Waals surface area contributed by atoms with Crippen LogP contribution in [0.1, 0.15) is 0 Å². The number of rotatable bonds is 3. The highest BCUT2D eigenvalue weighted by Crippen LogP contribution is 2.33. The molecule has 102 valence electrons. The number of nitrogens with one attached hydrogen (secondary N) is 1. The second-order valence-electron chi connectivity index (χ2n) is 4.12. The molecule has 1 aromatic heterocycles. The van der Waals surface area contributed by atoms with Gasteiger partial charge in [-0.05, 0) is 30.3 Å². The van der Waals surface area contributed by atoms with Crippen molar-refractivity contribution in [3.8, 4) is 17.1 Å². The second kappa shape index (κ2) is 5.20. The normalized spacial score (nSPS) is 11.2. The molecule has 3 rings (SSSR count). The number of aromatic nitrogens is 2. The molecular formula is C14H9BrF2N2O. The number of H-pyrrole nitrogens is 1. The largest absolute Gasteiger partial charge is 0.434 e. The molecule has 0 aliphatic rings. The van der Waals surface area contributed by atoms with Crippen LogP contribution in [0.2, 0.25) is 0 Å². The first-order valence-corrected chi connectivity index (χ1v) is 6.62. The monoisotopic (exact) mass is 338 g/mol. The van der Waals surface area contributed by atoms with Crippen molar-refractivity contribution < 1.29 is 13.5 Å². The number of hydrogen-bond donors (Lipinski definition) is 1. The summed E-state index contributed by atoms with van der Waals surface area (Å²) in [5, 5.41) is 0. The number of fused-ring (bicyclic) bond motifs is 1. The first-order chi connectivity index (χ1) is 9.63. The van der Waals surface area contributed by atoms with Crippen molar-refractivity contribution in [2.75, 3.05) is 0 Å². The third-order valence-corrected chi connectivity index (χ3v) is 3.30. The lowest BCUT2D eigenvalue weighted by Gasteiger charge is -2.09. The van der Waals surface area contributed by atoms with Crippen molar-refractivity contribution >= 4 is 27.0 Å². The summed E-state index contributed by atoms with van der Waals surface area (Å²) in [4.78, 5) is 7.49. The van der Waals surface area contributed by atoms with Gasteiger partial charge < -0.3 is 9.72 Å². The summed E-state index contributed by atoms with van der Waals surface area (Å²) in [5.74, 6) is 0.574. The Balaban J connectivity index is 2.14. The number of hydrogen-bond acceptors (Lipinski definition) is 2. The predicted molar refractivity (Wildman–Crippen MR) is 75.9 cm³/mol.